The molecule has 1 aliphatic rings. The van der Waals surface area contributed by atoms with Crippen LogP contribution in [-0.4, -0.2) is 25.7 Å². The number of nitrogens with one attached hydrogen (secondary N) is 2. The second-order valence-corrected chi connectivity index (χ2v) is 4.36. The summed E-state index contributed by atoms with van der Waals surface area (Å²) in [5.41, 5.74) is 3.64. The summed E-state index contributed by atoms with van der Waals surface area (Å²) >= 11 is 0. The molecule has 2 N–H and O–H groups in total. The lowest BCUT2D eigenvalue weighted by atomic mass is 9.99. The molecule has 0 spiro atoms. The van der Waals surface area contributed by atoms with Crippen molar-refractivity contribution < 1.29 is 9.53 Å². The van der Waals surface area contributed by atoms with Crippen LogP contribution in [0.3, 0.4) is 0 Å². The van der Waals surface area contributed by atoms with E-state index in [-0.39, 0.29) is 6.04 Å². The Morgan fingerprint density at radius 2 is 2.28 bits per heavy atom. The van der Waals surface area contributed by atoms with Crippen molar-refractivity contribution in [3.05, 3.63) is 34.9 Å². The highest BCUT2D eigenvalue weighted by molar-refractivity contribution is 5.95. The Hall–Kier alpha value is -2.04. The molecule has 96 valence electrons. The number of guanidine groups is 1. The zero-order valence-corrected chi connectivity index (χ0v) is 10.8. The predicted octanol–water partition coefficient (Wildman–Crippen LogP) is 1.66. The van der Waals surface area contributed by atoms with E-state index in [0.29, 0.717) is 12.5 Å². The summed E-state index contributed by atoms with van der Waals surface area (Å²) in [7, 11) is 1.33. The third-order valence-electron chi connectivity index (χ3n) is 2.96. The fourth-order valence-corrected chi connectivity index (χ4v) is 1.97. The first-order chi connectivity index (χ1) is 8.60. The zero-order chi connectivity index (χ0) is 13.1. The standard InChI is InChI=1S/C13H17N3O2/c1-8-4-5-9(2)10(6-8)11-7-14-12(15-11)16-13(17)18-3/h4-6,11H,7H2,1-3H3,(H2,14,15,16,17). The monoisotopic (exact) mass is 247 g/mol. The van der Waals surface area contributed by atoms with Gasteiger partial charge < -0.3 is 10.1 Å². The molecule has 1 amide bonds. The molecule has 0 radical (unpaired) electrons. The number of benzene rings is 1. The quantitative estimate of drug-likeness (QED) is 0.793. The molecule has 1 aliphatic heterocycles. The summed E-state index contributed by atoms with van der Waals surface area (Å²) in [6, 6.07) is 6.43. The Bertz CT molecular complexity index is 497. The minimum atomic E-state index is -0.511. The molecule has 1 atom stereocenters. The van der Waals surface area contributed by atoms with Crippen LogP contribution in [0.25, 0.3) is 0 Å². The minimum Gasteiger partial charge on any atom is -0.453 e. The first kappa shape index (κ1) is 12.4. The number of ether oxygens (including phenoxy) is 1. The van der Waals surface area contributed by atoms with E-state index in [1.165, 1.54) is 23.8 Å². The summed E-state index contributed by atoms with van der Waals surface area (Å²) < 4.78 is 4.53. The summed E-state index contributed by atoms with van der Waals surface area (Å²) in [6.45, 7) is 4.75. The normalized spacial score (nSPS) is 17.9. The Morgan fingerprint density at radius 1 is 1.50 bits per heavy atom. The zero-order valence-electron chi connectivity index (χ0n) is 10.8. The Morgan fingerprint density at radius 3 is 3.00 bits per heavy atom. The largest absolute Gasteiger partial charge is 0.453 e. The minimum absolute atomic E-state index is 0.108. The van der Waals surface area contributed by atoms with Crippen LogP contribution in [0.1, 0.15) is 22.7 Å². The number of carbonyl (C=O) groups is 1. The molecule has 0 fully saturated rings. The van der Waals surface area contributed by atoms with E-state index in [1.54, 1.807) is 0 Å². The Labute approximate surface area is 106 Å². The van der Waals surface area contributed by atoms with Crippen molar-refractivity contribution in [2.24, 2.45) is 4.99 Å². The number of rotatable bonds is 1. The lowest BCUT2D eigenvalue weighted by Gasteiger charge is -2.15. The summed E-state index contributed by atoms with van der Waals surface area (Å²) in [5, 5.41) is 5.72. The van der Waals surface area contributed by atoms with Crippen LogP contribution < -0.4 is 10.6 Å². The first-order valence-corrected chi connectivity index (χ1v) is 5.83. The average Bonchev–Trinajstić information content (AvgIpc) is 2.80. The van der Waals surface area contributed by atoms with Gasteiger partial charge in [0.1, 0.15) is 0 Å². The third kappa shape index (κ3) is 2.61. The summed E-state index contributed by atoms with van der Waals surface area (Å²) in [4.78, 5) is 15.3. The highest BCUT2D eigenvalue weighted by atomic mass is 16.5. The maximum absolute atomic E-state index is 11.1. The van der Waals surface area contributed by atoms with Gasteiger partial charge >= 0.3 is 6.09 Å². The number of carbonyl (C=O) groups excluding carboxylic acids is 1. The van der Waals surface area contributed by atoms with Crippen LogP contribution in [0, 0.1) is 13.8 Å². The molecule has 1 aromatic rings. The molecule has 2 rings (SSSR count). The fourth-order valence-electron chi connectivity index (χ4n) is 1.97. The Balaban J connectivity index is 2.06. The molecule has 1 unspecified atom stereocenters. The number of methoxy groups -OCH3 is 1. The van der Waals surface area contributed by atoms with Crippen LogP contribution in [-0.2, 0) is 4.74 Å². The van der Waals surface area contributed by atoms with Gasteiger partial charge in [-0.1, -0.05) is 23.8 Å². The van der Waals surface area contributed by atoms with Gasteiger partial charge in [-0.3, -0.25) is 10.3 Å². The average molecular weight is 247 g/mol. The van der Waals surface area contributed by atoms with Gasteiger partial charge in [0, 0.05) is 0 Å². The molecule has 0 aromatic heterocycles. The van der Waals surface area contributed by atoms with Gasteiger partial charge in [0.2, 0.25) is 5.96 Å². The molecule has 0 aliphatic carbocycles. The fraction of sp³-hybridized carbons (Fsp3) is 0.385. The molecular formula is C13H17N3O2. The van der Waals surface area contributed by atoms with E-state index in [2.05, 4.69) is 52.4 Å². The number of aryl methyl sites for hydroxylation is 2. The number of amides is 1. The van der Waals surface area contributed by atoms with Crippen molar-refractivity contribution in [1.82, 2.24) is 10.6 Å². The van der Waals surface area contributed by atoms with Crippen molar-refractivity contribution in [2.75, 3.05) is 13.7 Å². The molecular weight excluding hydrogens is 230 g/mol. The third-order valence-corrected chi connectivity index (χ3v) is 2.96. The second-order valence-electron chi connectivity index (χ2n) is 4.36. The molecule has 0 bridgehead atoms. The van der Waals surface area contributed by atoms with E-state index < -0.39 is 6.09 Å². The maximum Gasteiger partial charge on any atom is 0.413 e. The van der Waals surface area contributed by atoms with Gasteiger partial charge in [-0.25, -0.2) is 4.79 Å². The van der Waals surface area contributed by atoms with Crippen molar-refractivity contribution in [3.63, 3.8) is 0 Å². The predicted molar refractivity (Wildman–Crippen MR) is 69.6 cm³/mol. The van der Waals surface area contributed by atoms with Gasteiger partial charge in [-0.15, -0.1) is 0 Å². The number of aliphatic imine (C=N–C) groups is 1. The van der Waals surface area contributed by atoms with Crippen molar-refractivity contribution >= 4 is 12.1 Å². The first-order valence-electron chi connectivity index (χ1n) is 5.83. The highest BCUT2D eigenvalue weighted by Gasteiger charge is 2.21. The van der Waals surface area contributed by atoms with E-state index in [1.807, 2.05) is 0 Å². The molecule has 1 aromatic carbocycles. The van der Waals surface area contributed by atoms with E-state index >= 15 is 0 Å². The van der Waals surface area contributed by atoms with Crippen molar-refractivity contribution in [1.29, 1.82) is 0 Å². The number of nitrogens with zero attached hydrogens (tertiary/aromatic N) is 1. The number of hydrogen-bond acceptors (Lipinski definition) is 4. The van der Waals surface area contributed by atoms with E-state index in [0.717, 1.165) is 0 Å². The van der Waals surface area contributed by atoms with Crippen molar-refractivity contribution in [3.8, 4) is 0 Å². The highest BCUT2D eigenvalue weighted by Crippen LogP contribution is 2.21. The molecule has 0 saturated heterocycles. The van der Waals surface area contributed by atoms with Gasteiger partial charge in [0.05, 0.1) is 19.7 Å². The second kappa shape index (κ2) is 5.08. The van der Waals surface area contributed by atoms with Gasteiger partial charge in [0.15, 0.2) is 0 Å². The maximum atomic E-state index is 11.1. The van der Waals surface area contributed by atoms with Gasteiger partial charge in [0.25, 0.3) is 0 Å². The lowest BCUT2D eigenvalue weighted by molar-refractivity contribution is 0.176. The van der Waals surface area contributed by atoms with Crippen LogP contribution in [0.4, 0.5) is 4.79 Å². The van der Waals surface area contributed by atoms with Crippen LogP contribution in [0.5, 0.6) is 0 Å². The van der Waals surface area contributed by atoms with Crippen molar-refractivity contribution in [2.45, 2.75) is 19.9 Å². The van der Waals surface area contributed by atoms with Gasteiger partial charge in [-0.2, -0.15) is 0 Å². The Kier molecular flexibility index (Phi) is 3.50. The molecule has 0 saturated carbocycles. The number of hydrogen-bond donors (Lipinski definition) is 2. The SMILES string of the molecule is COC(=O)NC1=NCC(c2cc(C)ccc2C)N1. The van der Waals surface area contributed by atoms with Gasteiger partial charge in [-0.05, 0) is 25.0 Å². The summed E-state index contributed by atoms with van der Waals surface area (Å²) in [5.74, 6) is 0.466. The topological polar surface area (TPSA) is 62.7 Å². The van der Waals surface area contributed by atoms with E-state index in [4.69, 9.17) is 0 Å². The summed E-state index contributed by atoms with van der Waals surface area (Å²) in [6.07, 6.45) is -0.511. The molecule has 5 heteroatoms. The smallest absolute Gasteiger partial charge is 0.413 e. The van der Waals surface area contributed by atoms with Crippen LogP contribution in [0.2, 0.25) is 0 Å². The van der Waals surface area contributed by atoms with Crippen LogP contribution >= 0.6 is 0 Å². The van der Waals surface area contributed by atoms with E-state index in [9.17, 15) is 4.79 Å². The molecule has 1 heterocycles. The molecule has 18 heavy (non-hydrogen) atoms. The lowest BCUT2D eigenvalue weighted by Crippen LogP contribution is -2.39. The van der Waals surface area contributed by atoms with Crippen LogP contribution in [0.15, 0.2) is 23.2 Å². The number of alkyl carbamates (subject to hydrolysis) is 1. The molecule has 5 nitrogen and oxygen atoms in total.